The summed E-state index contributed by atoms with van der Waals surface area (Å²) in [7, 11) is 10.6. The number of nitrogens with zero attached hydrogens (tertiary/aromatic N) is 2. The van der Waals surface area contributed by atoms with Crippen molar-refractivity contribution < 1.29 is 13.5 Å². The molecular formula is C24H34Cl2N2Ru-2. The molecule has 0 radical (unpaired) electrons. The Kier molecular flexibility index (Phi) is 10.4. The van der Waals surface area contributed by atoms with Crippen LogP contribution in [0.15, 0.2) is 24.3 Å². The first-order chi connectivity index (χ1) is 13.1. The third-order valence-electron chi connectivity index (χ3n) is 4.86. The fourth-order valence-corrected chi connectivity index (χ4v) is 4.09. The Morgan fingerprint density at radius 3 is 1.28 bits per heavy atom. The first-order valence-corrected chi connectivity index (χ1v) is 14.9. The molecule has 0 spiro atoms. The number of aryl methyl sites for hydroxylation is 6. The molecule has 2 aromatic rings. The Hall–Kier alpha value is -0.887. The molecule has 0 atom stereocenters. The Labute approximate surface area is 191 Å². The van der Waals surface area contributed by atoms with Crippen LogP contribution in [0.2, 0.25) is 0 Å². The van der Waals surface area contributed by atoms with Crippen LogP contribution in [0, 0.1) is 55.6 Å². The van der Waals surface area contributed by atoms with Crippen molar-refractivity contribution in [1.29, 1.82) is 0 Å². The summed E-state index contributed by atoms with van der Waals surface area (Å²) in [5, 5.41) is 0. The van der Waals surface area contributed by atoms with Gasteiger partial charge in [-0.2, -0.15) is 6.67 Å². The Morgan fingerprint density at radius 2 is 1.03 bits per heavy atom. The van der Waals surface area contributed by atoms with Crippen molar-refractivity contribution in [2.75, 3.05) is 22.9 Å². The van der Waals surface area contributed by atoms with Gasteiger partial charge >= 0.3 is 44.4 Å². The van der Waals surface area contributed by atoms with E-state index < -0.39 is 13.5 Å². The van der Waals surface area contributed by atoms with Gasteiger partial charge in [0.05, 0.1) is 0 Å². The van der Waals surface area contributed by atoms with E-state index in [2.05, 4.69) is 82.3 Å². The summed E-state index contributed by atoms with van der Waals surface area (Å²) in [5.74, 6) is 0. The second kappa shape index (κ2) is 11.5. The van der Waals surface area contributed by atoms with E-state index in [1.54, 1.807) is 0 Å². The molecule has 164 valence electrons. The van der Waals surface area contributed by atoms with Crippen LogP contribution in [-0.2, 0) is 13.5 Å². The van der Waals surface area contributed by atoms with Crippen molar-refractivity contribution in [2.24, 2.45) is 0 Å². The molecule has 2 aromatic carbocycles. The van der Waals surface area contributed by atoms with Gasteiger partial charge in [-0.1, -0.05) is 35.4 Å². The Bertz CT molecular complexity index is 764. The van der Waals surface area contributed by atoms with Crippen molar-refractivity contribution in [3.05, 3.63) is 71.7 Å². The van der Waals surface area contributed by atoms with Gasteiger partial charge in [-0.15, -0.1) is 0 Å². The van der Waals surface area contributed by atoms with Crippen LogP contribution >= 0.6 is 19.4 Å². The van der Waals surface area contributed by atoms with E-state index in [1.165, 1.54) is 44.8 Å². The van der Waals surface area contributed by atoms with Gasteiger partial charge in [-0.25, -0.2) is 0 Å². The van der Waals surface area contributed by atoms with E-state index in [-0.39, 0.29) is 7.43 Å². The number of rotatable bonds is 2. The molecular weight excluding hydrogens is 488 g/mol. The average molecular weight is 523 g/mol. The van der Waals surface area contributed by atoms with E-state index >= 15 is 0 Å². The monoisotopic (exact) mass is 522 g/mol. The van der Waals surface area contributed by atoms with Crippen LogP contribution in [0.25, 0.3) is 0 Å². The SMILES string of the molecule is C[CH]=[Ru]([Cl])[Cl].Cc1cc(C)c(N2[CH-]N(c3c(C)cc(C)cc3C)CC2)c(C)c1.[CH3-]. The van der Waals surface area contributed by atoms with E-state index in [4.69, 9.17) is 19.4 Å². The van der Waals surface area contributed by atoms with Crippen molar-refractivity contribution in [1.82, 2.24) is 0 Å². The van der Waals surface area contributed by atoms with E-state index in [0.717, 1.165) is 13.1 Å². The maximum atomic E-state index is 5.32. The third kappa shape index (κ3) is 6.81. The van der Waals surface area contributed by atoms with Crippen molar-refractivity contribution in [3.8, 4) is 0 Å². The fraction of sp³-hybridized carbons (Fsp3) is 0.375. The largest absolute Gasteiger partial charge is 0.502 e. The van der Waals surface area contributed by atoms with Gasteiger partial charge in [0.2, 0.25) is 0 Å². The van der Waals surface area contributed by atoms with Crippen LogP contribution in [-0.4, -0.2) is 17.7 Å². The van der Waals surface area contributed by atoms with E-state index in [1.807, 2.05) is 11.5 Å². The number of anilines is 2. The van der Waals surface area contributed by atoms with Gasteiger partial charge in [0.25, 0.3) is 0 Å². The molecule has 2 nitrogen and oxygen atoms in total. The zero-order valence-corrected chi connectivity index (χ0v) is 22.1. The predicted octanol–water partition coefficient (Wildman–Crippen LogP) is 7.17. The summed E-state index contributed by atoms with van der Waals surface area (Å²) in [4.78, 5) is 4.81. The van der Waals surface area contributed by atoms with E-state index in [9.17, 15) is 0 Å². The van der Waals surface area contributed by atoms with Crippen LogP contribution < -0.4 is 9.80 Å². The number of hydrogen-bond acceptors (Lipinski definition) is 2. The first-order valence-electron chi connectivity index (χ1n) is 9.45. The minimum absolute atomic E-state index is 0. The van der Waals surface area contributed by atoms with Crippen molar-refractivity contribution >= 4 is 35.4 Å². The van der Waals surface area contributed by atoms with E-state index in [0.29, 0.717) is 0 Å². The summed E-state index contributed by atoms with van der Waals surface area (Å²) in [6, 6.07) is 9.12. The van der Waals surface area contributed by atoms with Crippen LogP contribution in [0.4, 0.5) is 11.4 Å². The third-order valence-corrected chi connectivity index (χ3v) is 7.44. The molecule has 5 heteroatoms. The smallest absolute Gasteiger partial charge is 0.0146 e. The molecule has 1 saturated heterocycles. The fourth-order valence-electron chi connectivity index (χ4n) is 4.09. The van der Waals surface area contributed by atoms with Gasteiger partial charge in [0.15, 0.2) is 0 Å². The molecule has 0 N–H and O–H groups in total. The molecule has 0 amide bonds. The number of benzene rings is 2. The van der Waals surface area contributed by atoms with Crippen molar-refractivity contribution in [2.45, 2.75) is 48.5 Å². The zero-order chi connectivity index (χ0) is 21.0. The summed E-state index contributed by atoms with van der Waals surface area (Å²) >= 11 is -1.36. The van der Waals surface area contributed by atoms with Gasteiger partial charge in [0.1, 0.15) is 0 Å². The minimum Gasteiger partial charge on any atom is -0.502 e. The number of halogens is 2. The van der Waals surface area contributed by atoms with Gasteiger partial charge in [-0.3, -0.25) is 0 Å². The summed E-state index contributed by atoms with van der Waals surface area (Å²) in [5.41, 5.74) is 10.8. The maximum Gasteiger partial charge on any atom is 0.0146 e. The van der Waals surface area contributed by atoms with Crippen LogP contribution in [0.5, 0.6) is 0 Å². The summed E-state index contributed by atoms with van der Waals surface area (Å²) < 4.78 is 1.84. The Morgan fingerprint density at radius 1 is 0.759 bits per heavy atom. The van der Waals surface area contributed by atoms with Crippen LogP contribution in [0.1, 0.15) is 40.3 Å². The molecule has 1 aliphatic rings. The van der Waals surface area contributed by atoms with Crippen molar-refractivity contribution in [3.63, 3.8) is 0 Å². The van der Waals surface area contributed by atoms with Gasteiger partial charge in [0, 0.05) is 24.5 Å². The summed E-state index contributed by atoms with van der Waals surface area (Å²) in [6.45, 7) is 19.4. The Balaban J connectivity index is 0.000000628. The normalized spacial score (nSPS) is 13.5. The molecule has 0 unspecified atom stereocenters. The zero-order valence-electron chi connectivity index (χ0n) is 18.9. The molecule has 29 heavy (non-hydrogen) atoms. The molecule has 3 rings (SSSR count). The molecule has 0 bridgehead atoms. The van der Waals surface area contributed by atoms with Crippen LogP contribution in [0.3, 0.4) is 0 Å². The minimum atomic E-state index is -1.36. The average Bonchev–Trinajstić information content (AvgIpc) is 3.02. The number of hydrogen-bond donors (Lipinski definition) is 0. The summed E-state index contributed by atoms with van der Waals surface area (Å²) in [6.07, 6.45) is 0. The quantitative estimate of drug-likeness (QED) is 0.305. The second-order valence-electron chi connectivity index (χ2n) is 7.41. The topological polar surface area (TPSA) is 6.48 Å². The van der Waals surface area contributed by atoms with Gasteiger partial charge in [-0.05, 0) is 63.8 Å². The molecule has 1 fully saturated rings. The first kappa shape index (κ1) is 26.1. The van der Waals surface area contributed by atoms with Gasteiger partial charge < -0.3 is 17.2 Å². The maximum absolute atomic E-state index is 5.32. The molecule has 1 heterocycles. The second-order valence-corrected chi connectivity index (χ2v) is 13.6. The molecule has 1 aliphatic heterocycles. The molecule has 0 aliphatic carbocycles. The predicted molar refractivity (Wildman–Crippen MR) is 130 cm³/mol. The molecule has 0 saturated carbocycles. The standard InChI is InChI=1S/C21H27N2.C2H4.CH3.2ClH.Ru/c1-14-9-16(3)20(17(4)10-14)22-7-8-23(13-22)21-18(5)11-15(2)12-19(21)6;1-2;;;;/h9-13H,7-8H2,1-6H3;1H,2H3;1H3;2*1H;/q-1;;-1;;;+2/p-2. The molecule has 0 aromatic heterocycles.